The van der Waals surface area contributed by atoms with Crippen LogP contribution >= 0.6 is 11.8 Å². The molecule has 3 rings (SSSR count). The SMILES string of the molecule is CCc1ccc(-n2nnnc2SCC(=O)Nc2ccc(C(C)C)cc2)cc1. The number of tetrazole rings is 1. The number of carbonyl (C=O) groups excluding carboxylic acids is 1. The van der Waals surface area contributed by atoms with E-state index in [1.54, 1.807) is 4.68 Å². The lowest BCUT2D eigenvalue weighted by atomic mass is 10.0. The molecule has 27 heavy (non-hydrogen) atoms. The first-order valence-electron chi connectivity index (χ1n) is 8.97. The highest BCUT2D eigenvalue weighted by atomic mass is 32.2. The molecule has 0 unspecified atom stereocenters. The van der Waals surface area contributed by atoms with Crippen molar-refractivity contribution >= 4 is 23.4 Å². The van der Waals surface area contributed by atoms with Gasteiger partial charge in [-0.15, -0.1) is 5.10 Å². The van der Waals surface area contributed by atoms with Crippen LogP contribution in [0.4, 0.5) is 5.69 Å². The minimum absolute atomic E-state index is 0.0897. The van der Waals surface area contributed by atoms with Gasteiger partial charge in [0.1, 0.15) is 0 Å². The zero-order valence-electron chi connectivity index (χ0n) is 15.7. The molecule has 7 heteroatoms. The molecule has 3 aromatic rings. The molecule has 0 radical (unpaired) electrons. The van der Waals surface area contributed by atoms with Gasteiger partial charge in [0, 0.05) is 5.69 Å². The average molecular weight is 382 g/mol. The van der Waals surface area contributed by atoms with Crippen LogP contribution in [0.2, 0.25) is 0 Å². The number of aryl methyl sites for hydroxylation is 1. The van der Waals surface area contributed by atoms with Gasteiger partial charge < -0.3 is 5.32 Å². The van der Waals surface area contributed by atoms with Crippen LogP contribution in [-0.2, 0) is 11.2 Å². The van der Waals surface area contributed by atoms with E-state index in [1.165, 1.54) is 22.9 Å². The number of hydrogen-bond donors (Lipinski definition) is 1. The predicted molar refractivity (Wildman–Crippen MR) is 108 cm³/mol. The smallest absolute Gasteiger partial charge is 0.234 e. The maximum absolute atomic E-state index is 12.2. The Labute approximate surface area is 163 Å². The first-order chi connectivity index (χ1) is 13.1. The third kappa shape index (κ3) is 4.95. The molecule has 0 saturated carbocycles. The van der Waals surface area contributed by atoms with E-state index in [0.717, 1.165) is 17.8 Å². The third-order valence-electron chi connectivity index (χ3n) is 4.22. The van der Waals surface area contributed by atoms with Crippen LogP contribution in [0, 0.1) is 0 Å². The van der Waals surface area contributed by atoms with Gasteiger partial charge in [0.25, 0.3) is 0 Å². The topological polar surface area (TPSA) is 72.7 Å². The summed E-state index contributed by atoms with van der Waals surface area (Å²) in [6.45, 7) is 6.40. The van der Waals surface area contributed by atoms with E-state index in [2.05, 4.69) is 53.7 Å². The number of rotatable bonds is 7. The number of anilines is 1. The quantitative estimate of drug-likeness (QED) is 0.624. The van der Waals surface area contributed by atoms with E-state index >= 15 is 0 Å². The van der Waals surface area contributed by atoms with Crippen molar-refractivity contribution < 1.29 is 4.79 Å². The summed E-state index contributed by atoms with van der Waals surface area (Å²) in [6.07, 6.45) is 0.982. The Hall–Kier alpha value is -2.67. The van der Waals surface area contributed by atoms with Crippen molar-refractivity contribution in [3.05, 3.63) is 59.7 Å². The summed E-state index contributed by atoms with van der Waals surface area (Å²) in [4.78, 5) is 12.2. The average Bonchev–Trinajstić information content (AvgIpc) is 3.15. The van der Waals surface area contributed by atoms with E-state index < -0.39 is 0 Å². The molecule has 1 amide bonds. The number of benzene rings is 2. The van der Waals surface area contributed by atoms with Gasteiger partial charge in [-0.2, -0.15) is 4.68 Å². The lowest BCUT2D eigenvalue weighted by molar-refractivity contribution is -0.113. The molecule has 140 valence electrons. The zero-order valence-corrected chi connectivity index (χ0v) is 16.5. The maximum atomic E-state index is 12.2. The van der Waals surface area contributed by atoms with Gasteiger partial charge in [-0.05, 0) is 58.2 Å². The molecule has 0 spiro atoms. The first kappa shape index (κ1) is 19.1. The van der Waals surface area contributed by atoms with Crippen LogP contribution < -0.4 is 5.32 Å². The van der Waals surface area contributed by atoms with Gasteiger partial charge in [0.15, 0.2) is 0 Å². The van der Waals surface area contributed by atoms with Crippen LogP contribution in [0.1, 0.15) is 37.8 Å². The summed E-state index contributed by atoms with van der Waals surface area (Å²) in [5.74, 6) is 0.614. The van der Waals surface area contributed by atoms with E-state index in [0.29, 0.717) is 11.1 Å². The molecule has 0 aliphatic heterocycles. The first-order valence-corrected chi connectivity index (χ1v) is 9.95. The van der Waals surface area contributed by atoms with Gasteiger partial charge in [0.2, 0.25) is 11.1 Å². The van der Waals surface area contributed by atoms with Crippen molar-refractivity contribution in [2.24, 2.45) is 0 Å². The molecule has 1 heterocycles. The zero-order chi connectivity index (χ0) is 19.2. The Morgan fingerprint density at radius 2 is 1.81 bits per heavy atom. The minimum atomic E-state index is -0.0897. The number of thioether (sulfide) groups is 1. The summed E-state index contributed by atoms with van der Waals surface area (Å²) in [5.41, 5.74) is 4.17. The normalized spacial score (nSPS) is 11.0. The third-order valence-corrected chi connectivity index (χ3v) is 5.14. The van der Waals surface area contributed by atoms with Gasteiger partial charge in [-0.3, -0.25) is 4.79 Å². The Bertz CT molecular complexity index is 887. The Kier molecular flexibility index (Phi) is 6.24. The molecule has 0 aliphatic rings. The van der Waals surface area contributed by atoms with E-state index in [9.17, 15) is 4.79 Å². The molecule has 2 aromatic carbocycles. The minimum Gasteiger partial charge on any atom is -0.325 e. The monoisotopic (exact) mass is 381 g/mol. The predicted octanol–water partition coefficient (Wildman–Crippen LogP) is 4.08. The molecule has 6 nitrogen and oxygen atoms in total. The molecular weight excluding hydrogens is 358 g/mol. The van der Waals surface area contributed by atoms with Gasteiger partial charge >= 0.3 is 0 Å². The van der Waals surface area contributed by atoms with Crippen molar-refractivity contribution in [1.29, 1.82) is 0 Å². The molecular formula is C20H23N5OS. The van der Waals surface area contributed by atoms with Crippen molar-refractivity contribution in [2.75, 3.05) is 11.1 Å². The molecule has 0 saturated heterocycles. The summed E-state index contributed by atoms with van der Waals surface area (Å²) < 4.78 is 1.65. The van der Waals surface area contributed by atoms with Crippen molar-refractivity contribution in [1.82, 2.24) is 20.2 Å². The Morgan fingerprint density at radius 1 is 1.11 bits per heavy atom. The number of nitrogens with one attached hydrogen (secondary N) is 1. The van der Waals surface area contributed by atoms with Crippen molar-refractivity contribution in [3.63, 3.8) is 0 Å². The van der Waals surface area contributed by atoms with Gasteiger partial charge in [-0.25, -0.2) is 0 Å². The molecule has 0 fully saturated rings. The molecule has 0 bridgehead atoms. The van der Waals surface area contributed by atoms with Crippen LogP contribution in [0.5, 0.6) is 0 Å². The number of carbonyl (C=O) groups is 1. The summed E-state index contributed by atoms with van der Waals surface area (Å²) in [5, 5.41) is 15.3. The molecule has 1 aromatic heterocycles. The van der Waals surface area contributed by atoms with Crippen LogP contribution in [0.25, 0.3) is 5.69 Å². The highest BCUT2D eigenvalue weighted by Gasteiger charge is 2.12. The maximum Gasteiger partial charge on any atom is 0.234 e. The fourth-order valence-electron chi connectivity index (χ4n) is 2.58. The lowest BCUT2D eigenvalue weighted by Gasteiger charge is -2.08. The second-order valence-electron chi connectivity index (χ2n) is 6.51. The number of amides is 1. The lowest BCUT2D eigenvalue weighted by Crippen LogP contribution is -2.14. The van der Waals surface area contributed by atoms with Crippen LogP contribution in [0.3, 0.4) is 0 Å². The van der Waals surface area contributed by atoms with Crippen LogP contribution in [0.15, 0.2) is 53.7 Å². The van der Waals surface area contributed by atoms with Gasteiger partial charge in [0.05, 0.1) is 11.4 Å². The van der Waals surface area contributed by atoms with Crippen LogP contribution in [-0.4, -0.2) is 31.9 Å². The van der Waals surface area contributed by atoms with Crippen molar-refractivity contribution in [3.8, 4) is 5.69 Å². The number of hydrogen-bond acceptors (Lipinski definition) is 5. The number of nitrogens with zero attached hydrogens (tertiary/aromatic N) is 4. The fraction of sp³-hybridized carbons (Fsp3) is 0.300. The van der Waals surface area contributed by atoms with Gasteiger partial charge in [-0.1, -0.05) is 56.8 Å². The van der Waals surface area contributed by atoms with E-state index in [1.807, 2.05) is 36.4 Å². The van der Waals surface area contributed by atoms with E-state index in [4.69, 9.17) is 0 Å². The van der Waals surface area contributed by atoms with E-state index in [-0.39, 0.29) is 11.7 Å². The highest BCUT2D eigenvalue weighted by molar-refractivity contribution is 7.99. The second-order valence-corrected chi connectivity index (χ2v) is 7.45. The number of aromatic nitrogens is 4. The largest absolute Gasteiger partial charge is 0.325 e. The Morgan fingerprint density at radius 3 is 2.44 bits per heavy atom. The summed E-state index contributed by atoms with van der Waals surface area (Å²) >= 11 is 1.31. The summed E-state index contributed by atoms with van der Waals surface area (Å²) in [7, 11) is 0. The second kappa shape index (κ2) is 8.81. The molecule has 0 atom stereocenters. The molecule has 0 aliphatic carbocycles. The van der Waals surface area contributed by atoms with Crippen molar-refractivity contribution in [2.45, 2.75) is 38.3 Å². The fourth-order valence-corrected chi connectivity index (χ4v) is 3.27. The highest BCUT2D eigenvalue weighted by Crippen LogP contribution is 2.20. The standard InChI is InChI=1S/C20H23N5OS/c1-4-15-5-11-18(12-6-15)25-20(22-23-24-25)27-13-19(26)21-17-9-7-16(8-10-17)14(2)3/h5-12,14H,4,13H2,1-3H3,(H,21,26). The Balaban J connectivity index is 1.60. The summed E-state index contributed by atoms with van der Waals surface area (Å²) in [6, 6.07) is 16.0. The molecule has 1 N–H and O–H groups in total.